The summed E-state index contributed by atoms with van der Waals surface area (Å²) < 4.78 is 5.37. The highest BCUT2D eigenvalue weighted by Crippen LogP contribution is 2.28. The standard InChI is InChI=1S/C30H39N5O5/c1-30(2,3)40-29(39)31-22-11-14-34(15-12-22)23-18-33(19-23)13-5-4-6-20-7-8-24-21(16-20)17-35(28(24)38)25-9-10-26(36)32-27(25)37/h7-8,16,22-23,25H,5,9-15,17-19H2,1-3H3,(H,31,39)(H,32,36,37). The van der Waals surface area contributed by atoms with E-state index in [1.807, 2.05) is 32.9 Å². The SMILES string of the molecule is CC(C)(C)OC(=O)NC1CCN(C2CN(CCC#Cc3ccc4c(c3)CN(C3CCC(=O)NC3=O)C4=O)C2)CC1. The van der Waals surface area contributed by atoms with Gasteiger partial charge in [0.1, 0.15) is 11.6 Å². The van der Waals surface area contributed by atoms with Crippen LogP contribution in [0.2, 0.25) is 0 Å². The van der Waals surface area contributed by atoms with Crippen molar-refractivity contribution in [3.8, 4) is 11.8 Å². The summed E-state index contributed by atoms with van der Waals surface area (Å²) in [4.78, 5) is 55.1. The van der Waals surface area contributed by atoms with Crippen molar-refractivity contribution in [2.24, 2.45) is 0 Å². The zero-order valence-corrected chi connectivity index (χ0v) is 23.6. The predicted molar refractivity (Wildman–Crippen MR) is 148 cm³/mol. The molecule has 0 aliphatic carbocycles. The van der Waals surface area contributed by atoms with Crippen LogP contribution in [0.4, 0.5) is 4.79 Å². The van der Waals surface area contributed by atoms with Crippen molar-refractivity contribution in [2.45, 2.75) is 83.1 Å². The summed E-state index contributed by atoms with van der Waals surface area (Å²) in [5.41, 5.74) is 1.86. The average molecular weight is 550 g/mol. The van der Waals surface area contributed by atoms with Gasteiger partial charge >= 0.3 is 6.09 Å². The van der Waals surface area contributed by atoms with E-state index in [9.17, 15) is 19.2 Å². The first-order valence-electron chi connectivity index (χ1n) is 14.3. The van der Waals surface area contributed by atoms with Crippen LogP contribution in [0.1, 0.15) is 74.4 Å². The molecule has 1 unspecified atom stereocenters. The third-order valence-corrected chi connectivity index (χ3v) is 8.01. The van der Waals surface area contributed by atoms with Crippen LogP contribution in [-0.2, 0) is 20.9 Å². The molecule has 3 saturated heterocycles. The van der Waals surface area contributed by atoms with Crippen LogP contribution < -0.4 is 10.6 Å². The molecule has 1 aromatic rings. The maximum atomic E-state index is 12.8. The fourth-order valence-electron chi connectivity index (χ4n) is 5.87. The number of nitrogens with one attached hydrogen (secondary N) is 2. The van der Waals surface area contributed by atoms with Gasteiger partial charge in [-0.15, -0.1) is 0 Å². The molecule has 4 aliphatic heterocycles. The number of rotatable bonds is 5. The number of likely N-dealkylation sites (tertiary alicyclic amines) is 2. The lowest BCUT2D eigenvalue weighted by atomic mass is 9.99. The van der Waals surface area contributed by atoms with Crippen LogP contribution in [0.5, 0.6) is 0 Å². The molecule has 0 saturated carbocycles. The number of amides is 4. The van der Waals surface area contributed by atoms with E-state index in [0.717, 1.165) is 63.1 Å². The van der Waals surface area contributed by atoms with E-state index in [2.05, 4.69) is 32.3 Å². The molecular formula is C30H39N5O5. The van der Waals surface area contributed by atoms with E-state index in [1.165, 1.54) is 0 Å². The fourth-order valence-corrected chi connectivity index (χ4v) is 5.87. The molecule has 1 aromatic carbocycles. The zero-order valence-electron chi connectivity index (χ0n) is 23.6. The van der Waals surface area contributed by atoms with Crippen LogP contribution in [0, 0.1) is 11.8 Å². The summed E-state index contributed by atoms with van der Waals surface area (Å²) in [6.45, 7) is 11.0. The van der Waals surface area contributed by atoms with E-state index in [4.69, 9.17) is 4.74 Å². The van der Waals surface area contributed by atoms with Gasteiger partial charge in [0.05, 0.1) is 0 Å². The number of carbonyl (C=O) groups is 4. The number of benzene rings is 1. The summed E-state index contributed by atoms with van der Waals surface area (Å²) >= 11 is 0. The lowest BCUT2D eigenvalue weighted by Crippen LogP contribution is -2.61. The molecule has 3 fully saturated rings. The topological polar surface area (TPSA) is 111 Å². The van der Waals surface area contributed by atoms with E-state index < -0.39 is 17.6 Å². The molecular weight excluding hydrogens is 510 g/mol. The molecule has 4 aliphatic rings. The second-order valence-corrected chi connectivity index (χ2v) is 12.2. The van der Waals surface area contributed by atoms with Gasteiger partial charge < -0.3 is 15.0 Å². The van der Waals surface area contributed by atoms with Crippen molar-refractivity contribution in [3.05, 3.63) is 34.9 Å². The van der Waals surface area contributed by atoms with Crippen molar-refractivity contribution >= 4 is 23.8 Å². The Kier molecular flexibility index (Phi) is 8.15. The Bertz CT molecular complexity index is 1230. The molecule has 214 valence electrons. The Morgan fingerprint density at radius 3 is 2.58 bits per heavy atom. The molecule has 10 heteroatoms. The third-order valence-electron chi connectivity index (χ3n) is 8.01. The van der Waals surface area contributed by atoms with Gasteiger partial charge in [-0.2, -0.15) is 0 Å². The maximum absolute atomic E-state index is 12.8. The maximum Gasteiger partial charge on any atom is 0.407 e. The third kappa shape index (κ3) is 6.65. The van der Waals surface area contributed by atoms with Crippen molar-refractivity contribution in [2.75, 3.05) is 32.7 Å². The largest absolute Gasteiger partial charge is 0.444 e. The number of carbonyl (C=O) groups excluding carboxylic acids is 4. The zero-order chi connectivity index (χ0) is 28.4. The van der Waals surface area contributed by atoms with E-state index in [1.54, 1.807) is 11.0 Å². The number of imide groups is 1. The Morgan fingerprint density at radius 1 is 1.12 bits per heavy atom. The van der Waals surface area contributed by atoms with Gasteiger partial charge in [-0.05, 0) is 63.8 Å². The monoisotopic (exact) mass is 549 g/mol. The molecule has 2 N–H and O–H groups in total. The minimum Gasteiger partial charge on any atom is -0.444 e. The number of ether oxygens (including phenoxy) is 1. The highest BCUT2D eigenvalue weighted by molar-refractivity contribution is 6.05. The van der Waals surface area contributed by atoms with Crippen molar-refractivity contribution < 1.29 is 23.9 Å². The second-order valence-electron chi connectivity index (χ2n) is 12.2. The summed E-state index contributed by atoms with van der Waals surface area (Å²) in [7, 11) is 0. The molecule has 40 heavy (non-hydrogen) atoms. The summed E-state index contributed by atoms with van der Waals surface area (Å²) in [5, 5.41) is 5.34. The van der Waals surface area contributed by atoms with Crippen molar-refractivity contribution in [1.29, 1.82) is 0 Å². The van der Waals surface area contributed by atoms with E-state index in [0.29, 0.717) is 24.6 Å². The number of hydrogen-bond donors (Lipinski definition) is 2. The molecule has 0 radical (unpaired) electrons. The minimum atomic E-state index is -0.604. The molecule has 0 spiro atoms. The molecule has 10 nitrogen and oxygen atoms in total. The summed E-state index contributed by atoms with van der Waals surface area (Å²) in [6.07, 6.45) is 2.93. The Balaban J connectivity index is 1.02. The van der Waals surface area contributed by atoms with Crippen molar-refractivity contribution in [3.63, 3.8) is 0 Å². The molecule has 0 bridgehead atoms. The Morgan fingerprint density at radius 2 is 1.88 bits per heavy atom. The molecule has 5 rings (SSSR count). The molecule has 0 aromatic heterocycles. The van der Waals surface area contributed by atoms with Crippen LogP contribution in [0.3, 0.4) is 0 Å². The quantitative estimate of drug-likeness (QED) is 0.426. The van der Waals surface area contributed by atoms with E-state index in [-0.39, 0.29) is 30.4 Å². The van der Waals surface area contributed by atoms with Crippen LogP contribution in [0.15, 0.2) is 18.2 Å². The van der Waals surface area contributed by atoms with Gasteiger partial charge in [-0.3, -0.25) is 29.5 Å². The first-order chi connectivity index (χ1) is 19.1. The lowest BCUT2D eigenvalue weighted by molar-refractivity contribution is -0.136. The number of nitrogens with zero attached hydrogens (tertiary/aromatic N) is 3. The van der Waals surface area contributed by atoms with Crippen LogP contribution in [0.25, 0.3) is 0 Å². The number of hydrogen-bond acceptors (Lipinski definition) is 7. The van der Waals surface area contributed by atoms with Crippen LogP contribution >= 0.6 is 0 Å². The molecule has 1 atom stereocenters. The summed E-state index contributed by atoms with van der Waals surface area (Å²) in [6, 6.07) is 5.73. The highest BCUT2D eigenvalue weighted by Gasteiger charge is 2.39. The second kappa shape index (κ2) is 11.6. The van der Waals surface area contributed by atoms with Gasteiger partial charge in [0.2, 0.25) is 11.8 Å². The lowest BCUT2D eigenvalue weighted by Gasteiger charge is -2.47. The van der Waals surface area contributed by atoms with Crippen molar-refractivity contribution in [1.82, 2.24) is 25.3 Å². The summed E-state index contributed by atoms with van der Waals surface area (Å²) in [5.74, 6) is 5.64. The molecule has 4 heterocycles. The predicted octanol–water partition coefficient (Wildman–Crippen LogP) is 1.86. The fraction of sp³-hybridized carbons (Fsp3) is 0.600. The minimum absolute atomic E-state index is 0.167. The van der Waals surface area contributed by atoms with Gasteiger partial charge in [0, 0.05) is 75.3 Å². The van der Waals surface area contributed by atoms with Crippen LogP contribution in [-0.4, -0.2) is 95.0 Å². The van der Waals surface area contributed by atoms with Gasteiger partial charge in [-0.25, -0.2) is 4.79 Å². The number of fused-ring (bicyclic) bond motifs is 1. The van der Waals surface area contributed by atoms with Gasteiger partial charge in [-0.1, -0.05) is 11.8 Å². The number of piperidine rings is 2. The van der Waals surface area contributed by atoms with Gasteiger partial charge in [0.25, 0.3) is 5.91 Å². The number of alkyl carbamates (subject to hydrolysis) is 1. The van der Waals surface area contributed by atoms with E-state index >= 15 is 0 Å². The Hall–Kier alpha value is -3.42. The van der Waals surface area contributed by atoms with Gasteiger partial charge in [0.15, 0.2) is 0 Å². The first kappa shape index (κ1) is 28.1. The normalized spacial score (nSPS) is 22.7. The first-order valence-corrected chi connectivity index (χ1v) is 14.3. The smallest absolute Gasteiger partial charge is 0.407 e. The average Bonchev–Trinajstić information content (AvgIpc) is 3.17. The highest BCUT2D eigenvalue weighted by atomic mass is 16.6. The Labute approximate surface area is 235 Å². The molecule has 4 amide bonds.